The number of benzene rings is 1. The first-order valence-corrected chi connectivity index (χ1v) is 8.03. The number of aryl methyl sites for hydroxylation is 1. The van der Waals surface area contributed by atoms with Gasteiger partial charge in [-0.05, 0) is 36.1 Å². The number of rotatable bonds is 5. The molecule has 0 aliphatic rings. The van der Waals surface area contributed by atoms with E-state index >= 15 is 0 Å². The lowest BCUT2D eigenvalue weighted by molar-refractivity contribution is 0.0951. The van der Waals surface area contributed by atoms with Crippen LogP contribution in [0.3, 0.4) is 0 Å². The highest BCUT2D eigenvalue weighted by Crippen LogP contribution is 2.22. The minimum absolute atomic E-state index is 0.0382. The summed E-state index contributed by atoms with van der Waals surface area (Å²) in [5.41, 5.74) is 2.68. The van der Waals surface area contributed by atoms with E-state index in [1.165, 1.54) is 0 Å². The van der Waals surface area contributed by atoms with Crippen molar-refractivity contribution in [2.24, 2.45) is 0 Å². The van der Waals surface area contributed by atoms with Crippen LogP contribution in [0.4, 0.5) is 0 Å². The highest BCUT2D eigenvalue weighted by atomic mass is 32.1. The minimum atomic E-state index is -0.0382. The van der Waals surface area contributed by atoms with E-state index in [0.29, 0.717) is 13.1 Å². The molecule has 0 unspecified atom stereocenters. The molecular formula is C17H17N3OS. The van der Waals surface area contributed by atoms with Gasteiger partial charge in [-0.2, -0.15) is 5.10 Å². The lowest BCUT2D eigenvalue weighted by Gasteiger charge is -2.07. The Morgan fingerprint density at radius 2 is 2.09 bits per heavy atom. The predicted molar refractivity (Wildman–Crippen MR) is 89.1 cm³/mol. The van der Waals surface area contributed by atoms with Crippen LogP contribution in [-0.2, 0) is 6.54 Å². The van der Waals surface area contributed by atoms with Gasteiger partial charge in [-0.3, -0.25) is 9.48 Å². The standard InChI is InChI=1S/C17H17N3OS/c1-13-5-2-3-6-14(13)17(21)18-9-11-20-10-8-15(19-20)16-7-4-12-22-16/h2-8,10,12H,9,11H2,1H3,(H,18,21). The first-order chi connectivity index (χ1) is 10.7. The summed E-state index contributed by atoms with van der Waals surface area (Å²) in [6.45, 7) is 3.15. The molecule has 0 saturated carbocycles. The average molecular weight is 311 g/mol. The molecule has 0 fully saturated rings. The summed E-state index contributed by atoms with van der Waals surface area (Å²) < 4.78 is 1.85. The molecule has 112 valence electrons. The van der Waals surface area contributed by atoms with Gasteiger partial charge in [0.1, 0.15) is 5.69 Å². The summed E-state index contributed by atoms with van der Waals surface area (Å²) in [5, 5.41) is 9.49. The number of carbonyl (C=O) groups is 1. The molecule has 0 aliphatic carbocycles. The third-order valence-corrected chi connectivity index (χ3v) is 4.32. The SMILES string of the molecule is Cc1ccccc1C(=O)NCCn1ccc(-c2cccs2)n1. The van der Waals surface area contributed by atoms with Crippen molar-refractivity contribution in [3.8, 4) is 10.6 Å². The maximum atomic E-state index is 12.1. The van der Waals surface area contributed by atoms with Gasteiger partial charge in [-0.1, -0.05) is 24.3 Å². The number of nitrogens with one attached hydrogen (secondary N) is 1. The van der Waals surface area contributed by atoms with Gasteiger partial charge in [-0.25, -0.2) is 0 Å². The van der Waals surface area contributed by atoms with Crippen LogP contribution >= 0.6 is 11.3 Å². The zero-order chi connectivity index (χ0) is 15.4. The molecule has 5 heteroatoms. The first-order valence-electron chi connectivity index (χ1n) is 7.15. The molecule has 0 saturated heterocycles. The third kappa shape index (κ3) is 3.26. The Morgan fingerprint density at radius 3 is 2.86 bits per heavy atom. The molecule has 2 heterocycles. The maximum absolute atomic E-state index is 12.1. The van der Waals surface area contributed by atoms with Crippen molar-refractivity contribution >= 4 is 17.2 Å². The quantitative estimate of drug-likeness (QED) is 0.785. The van der Waals surface area contributed by atoms with Crippen LogP contribution in [0.25, 0.3) is 10.6 Å². The molecule has 22 heavy (non-hydrogen) atoms. The van der Waals surface area contributed by atoms with Gasteiger partial charge in [0.2, 0.25) is 0 Å². The first kappa shape index (κ1) is 14.5. The van der Waals surface area contributed by atoms with E-state index in [1.807, 2.05) is 59.6 Å². The van der Waals surface area contributed by atoms with Crippen molar-refractivity contribution in [1.29, 1.82) is 0 Å². The Balaban J connectivity index is 1.55. The van der Waals surface area contributed by atoms with Crippen LogP contribution < -0.4 is 5.32 Å². The predicted octanol–water partition coefficient (Wildman–Crippen LogP) is 3.35. The Morgan fingerprint density at radius 1 is 1.23 bits per heavy atom. The van der Waals surface area contributed by atoms with Gasteiger partial charge >= 0.3 is 0 Å². The van der Waals surface area contributed by atoms with Crippen LogP contribution in [0.5, 0.6) is 0 Å². The molecule has 3 rings (SSSR count). The largest absolute Gasteiger partial charge is 0.350 e. The van der Waals surface area contributed by atoms with Gasteiger partial charge in [0.05, 0.1) is 11.4 Å². The molecular weight excluding hydrogens is 294 g/mol. The number of aromatic nitrogens is 2. The van der Waals surface area contributed by atoms with Gasteiger partial charge < -0.3 is 5.32 Å². The molecule has 1 aromatic carbocycles. The van der Waals surface area contributed by atoms with Crippen molar-refractivity contribution < 1.29 is 4.79 Å². The molecule has 2 aromatic heterocycles. The molecule has 0 atom stereocenters. The van der Waals surface area contributed by atoms with Crippen LogP contribution in [0.15, 0.2) is 54.0 Å². The Kier molecular flexibility index (Phi) is 4.34. The summed E-state index contributed by atoms with van der Waals surface area (Å²) in [6.07, 6.45) is 1.94. The maximum Gasteiger partial charge on any atom is 0.251 e. The number of carbonyl (C=O) groups excluding carboxylic acids is 1. The molecule has 0 bridgehead atoms. The lowest BCUT2D eigenvalue weighted by Crippen LogP contribution is -2.27. The van der Waals surface area contributed by atoms with Crippen LogP contribution in [0.1, 0.15) is 15.9 Å². The van der Waals surface area contributed by atoms with Crippen molar-refractivity contribution in [2.45, 2.75) is 13.5 Å². The summed E-state index contributed by atoms with van der Waals surface area (Å²) in [5.74, 6) is -0.0382. The highest BCUT2D eigenvalue weighted by molar-refractivity contribution is 7.13. The van der Waals surface area contributed by atoms with E-state index in [4.69, 9.17) is 0 Å². The highest BCUT2D eigenvalue weighted by Gasteiger charge is 2.07. The van der Waals surface area contributed by atoms with Crippen LogP contribution in [0, 0.1) is 6.92 Å². The van der Waals surface area contributed by atoms with Crippen molar-refractivity contribution in [2.75, 3.05) is 6.54 Å². The minimum Gasteiger partial charge on any atom is -0.350 e. The Labute approximate surface area is 133 Å². The summed E-state index contributed by atoms with van der Waals surface area (Å²) >= 11 is 1.67. The molecule has 0 aliphatic heterocycles. The van der Waals surface area contributed by atoms with Crippen LogP contribution in [0.2, 0.25) is 0 Å². The van der Waals surface area contributed by atoms with Crippen molar-refractivity contribution in [3.05, 3.63) is 65.2 Å². The molecule has 4 nitrogen and oxygen atoms in total. The number of hydrogen-bond donors (Lipinski definition) is 1. The Hall–Kier alpha value is -2.40. The fraction of sp³-hybridized carbons (Fsp3) is 0.176. The fourth-order valence-corrected chi connectivity index (χ4v) is 2.94. The summed E-state index contributed by atoms with van der Waals surface area (Å²) in [6, 6.07) is 13.7. The monoisotopic (exact) mass is 311 g/mol. The molecule has 0 spiro atoms. The molecule has 1 N–H and O–H groups in total. The van der Waals surface area contributed by atoms with Gasteiger partial charge in [-0.15, -0.1) is 11.3 Å². The Bertz CT molecular complexity index is 762. The zero-order valence-corrected chi connectivity index (χ0v) is 13.1. The smallest absolute Gasteiger partial charge is 0.251 e. The third-order valence-electron chi connectivity index (χ3n) is 3.43. The molecule has 3 aromatic rings. The zero-order valence-electron chi connectivity index (χ0n) is 12.3. The van der Waals surface area contributed by atoms with Gasteiger partial charge in [0.25, 0.3) is 5.91 Å². The molecule has 1 amide bonds. The normalized spacial score (nSPS) is 10.6. The number of nitrogens with zero attached hydrogens (tertiary/aromatic N) is 2. The lowest BCUT2D eigenvalue weighted by atomic mass is 10.1. The summed E-state index contributed by atoms with van der Waals surface area (Å²) in [4.78, 5) is 13.3. The van der Waals surface area contributed by atoms with E-state index in [0.717, 1.165) is 21.7 Å². The number of thiophene rings is 1. The van der Waals surface area contributed by atoms with E-state index < -0.39 is 0 Å². The second kappa shape index (κ2) is 6.58. The van der Waals surface area contributed by atoms with Crippen LogP contribution in [-0.4, -0.2) is 22.2 Å². The second-order valence-corrected chi connectivity index (χ2v) is 5.96. The number of hydrogen-bond acceptors (Lipinski definition) is 3. The van der Waals surface area contributed by atoms with E-state index in [-0.39, 0.29) is 5.91 Å². The fourth-order valence-electron chi connectivity index (χ4n) is 2.25. The van der Waals surface area contributed by atoms with E-state index in [2.05, 4.69) is 16.5 Å². The van der Waals surface area contributed by atoms with Gasteiger partial charge in [0.15, 0.2) is 0 Å². The average Bonchev–Trinajstić information content (AvgIpc) is 3.18. The van der Waals surface area contributed by atoms with Gasteiger partial charge in [0, 0.05) is 18.3 Å². The number of amides is 1. The van der Waals surface area contributed by atoms with Crippen molar-refractivity contribution in [3.63, 3.8) is 0 Å². The van der Waals surface area contributed by atoms with E-state index in [1.54, 1.807) is 11.3 Å². The van der Waals surface area contributed by atoms with Crippen molar-refractivity contribution in [1.82, 2.24) is 15.1 Å². The van der Waals surface area contributed by atoms with E-state index in [9.17, 15) is 4.79 Å². The summed E-state index contributed by atoms with van der Waals surface area (Å²) in [7, 11) is 0. The topological polar surface area (TPSA) is 46.9 Å². The second-order valence-electron chi connectivity index (χ2n) is 5.01. The molecule has 0 radical (unpaired) electrons.